The molecule has 0 aliphatic carbocycles. The Hall–Kier alpha value is -2.37. The Balaban J connectivity index is 2.00. The van der Waals surface area contributed by atoms with Gasteiger partial charge in [-0.05, 0) is 24.3 Å². The smallest absolute Gasteiger partial charge is 0.335 e. The average molecular weight is 262 g/mol. The van der Waals surface area contributed by atoms with E-state index in [0.717, 1.165) is 0 Å². The predicted molar refractivity (Wildman–Crippen MR) is 66.9 cm³/mol. The molecule has 0 spiro atoms. The fourth-order valence-electron chi connectivity index (χ4n) is 1.99. The van der Waals surface area contributed by atoms with E-state index in [0.29, 0.717) is 18.5 Å². The van der Waals surface area contributed by atoms with Crippen molar-refractivity contribution in [2.75, 3.05) is 13.6 Å². The number of carbonyl (C=O) groups excluding carboxylic acids is 2. The van der Waals surface area contributed by atoms with Gasteiger partial charge >= 0.3 is 5.97 Å². The minimum absolute atomic E-state index is 0.00604. The fraction of sp³-hybridized carbons (Fsp3) is 0.308. The maximum Gasteiger partial charge on any atom is 0.335 e. The van der Waals surface area contributed by atoms with E-state index in [4.69, 9.17) is 5.11 Å². The average Bonchev–Trinajstić information content (AvgIpc) is 2.68. The van der Waals surface area contributed by atoms with Gasteiger partial charge in [0.25, 0.3) is 5.91 Å². The molecule has 2 rings (SSSR count). The summed E-state index contributed by atoms with van der Waals surface area (Å²) in [6.07, 6.45) is 0.301. The van der Waals surface area contributed by atoms with Gasteiger partial charge in [-0.15, -0.1) is 0 Å². The first-order valence-electron chi connectivity index (χ1n) is 5.85. The number of nitrogens with zero attached hydrogens (tertiary/aromatic N) is 1. The Kier molecular flexibility index (Phi) is 3.50. The Morgan fingerprint density at radius 2 is 1.84 bits per heavy atom. The summed E-state index contributed by atoms with van der Waals surface area (Å²) in [5.41, 5.74) is 0.513. The molecular weight excluding hydrogens is 248 g/mol. The third kappa shape index (κ3) is 2.90. The van der Waals surface area contributed by atoms with E-state index in [1.807, 2.05) is 0 Å². The van der Waals surface area contributed by atoms with Gasteiger partial charge in [0, 0.05) is 25.6 Å². The van der Waals surface area contributed by atoms with Gasteiger partial charge in [0.05, 0.1) is 11.6 Å². The van der Waals surface area contributed by atoms with E-state index >= 15 is 0 Å². The normalized spacial score (nSPS) is 18.5. The molecule has 2 N–H and O–H groups in total. The molecule has 1 atom stereocenters. The zero-order valence-corrected chi connectivity index (χ0v) is 10.4. The number of amides is 2. The lowest BCUT2D eigenvalue weighted by Crippen LogP contribution is -2.36. The first-order chi connectivity index (χ1) is 8.97. The van der Waals surface area contributed by atoms with Crippen molar-refractivity contribution in [2.45, 2.75) is 12.5 Å². The van der Waals surface area contributed by atoms with E-state index in [2.05, 4.69) is 5.32 Å². The summed E-state index contributed by atoms with van der Waals surface area (Å²) < 4.78 is 0. The summed E-state index contributed by atoms with van der Waals surface area (Å²) in [5.74, 6) is -1.33. The van der Waals surface area contributed by atoms with Crippen LogP contribution in [0.3, 0.4) is 0 Å². The number of carboxylic acid groups (broad SMARTS) is 1. The highest BCUT2D eigenvalue weighted by atomic mass is 16.4. The highest BCUT2D eigenvalue weighted by molar-refractivity contribution is 5.96. The number of hydrogen-bond donors (Lipinski definition) is 2. The number of carboxylic acids is 1. The van der Waals surface area contributed by atoms with Gasteiger partial charge < -0.3 is 15.3 Å². The molecule has 2 amide bonds. The Bertz CT molecular complexity index is 524. The van der Waals surface area contributed by atoms with Crippen LogP contribution >= 0.6 is 0 Å². The third-order valence-electron chi connectivity index (χ3n) is 3.07. The number of benzene rings is 1. The lowest BCUT2D eigenvalue weighted by atomic mass is 10.1. The number of likely N-dealkylation sites (N-methyl/N-ethyl adjacent to an activating group) is 1. The lowest BCUT2D eigenvalue weighted by molar-refractivity contribution is -0.126. The molecule has 1 aromatic carbocycles. The Morgan fingerprint density at radius 1 is 1.26 bits per heavy atom. The summed E-state index contributed by atoms with van der Waals surface area (Å²) in [6, 6.07) is 5.48. The van der Waals surface area contributed by atoms with Gasteiger partial charge in [0.15, 0.2) is 0 Å². The molecule has 0 unspecified atom stereocenters. The van der Waals surface area contributed by atoms with Gasteiger partial charge in [-0.3, -0.25) is 9.59 Å². The zero-order valence-electron chi connectivity index (χ0n) is 10.4. The second-order valence-electron chi connectivity index (χ2n) is 4.53. The highest BCUT2D eigenvalue weighted by Crippen LogP contribution is 2.10. The van der Waals surface area contributed by atoms with E-state index < -0.39 is 5.97 Å². The SMILES string of the molecule is CN1C[C@H](NC(=O)c2ccc(C(=O)O)cc2)CC1=O. The Labute approximate surface area is 110 Å². The van der Waals surface area contributed by atoms with Crippen molar-refractivity contribution >= 4 is 17.8 Å². The highest BCUT2D eigenvalue weighted by Gasteiger charge is 2.28. The topological polar surface area (TPSA) is 86.7 Å². The predicted octanol–water partition coefficient (Wildman–Crippen LogP) is 0.345. The molecule has 0 aromatic heterocycles. The summed E-state index contributed by atoms with van der Waals surface area (Å²) in [6.45, 7) is 0.498. The van der Waals surface area contributed by atoms with Gasteiger partial charge in [-0.25, -0.2) is 4.79 Å². The minimum atomic E-state index is -1.03. The summed E-state index contributed by atoms with van der Waals surface area (Å²) >= 11 is 0. The molecule has 0 saturated carbocycles. The minimum Gasteiger partial charge on any atom is -0.478 e. The van der Waals surface area contributed by atoms with Crippen LogP contribution in [-0.2, 0) is 4.79 Å². The monoisotopic (exact) mass is 262 g/mol. The number of aromatic carboxylic acids is 1. The van der Waals surface area contributed by atoms with Crippen LogP contribution in [0.1, 0.15) is 27.1 Å². The molecule has 100 valence electrons. The van der Waals surface area contributed by atoms with Crippen molar-refractivity contribution in [3.05, 3.63) is 35.4 Å². The van der Waals surface area contributed by atoms with Crippen molar-refractivity contribution in [3.8, 4) is 0 Å². The second-order valence-corrected chi connectivity index (χ2v) is 4.53. The zero-order chi connectivity index (χ0) is 14.0. The largest absolute Gasteiger partial charge is 0.478 e. The molecule has 6 nitrogen and oxygen atoms in total. The molecule has 0 bridgehead atoms. The van der Waals surface area contributed by atoms with Crippen LogP contribution in [0.2, 0.25) is 0 Å². The molecule has 1 aromatic rings. The fourth-order valence-corrected chi connectivity index (χ4v) is 1.99. The summed E-state index contributed by atoms with van der Waals surface area (Å²) in [4.78, 5) is 35.5. The van der Waals surface area contributed by atoms with E-state index in [-0.39, 0.29) is 23.4 Å². The molecule has 1 fully saturated rings. The quantitative estimate of drug-likeness (QED) is 0.822. The first kappa shape index (κ1) is 13.1. The van der Waals surface area contributed by atoms with Gasteiger partial charge in [0.1, 0.15) is 0 Å². The van der Waals surface area contributed by atoms with Crippen molar-refractivity contribution in [2.24, 2.45) is 0 Å². The molecular formula is C13H14N2O4. The van der Waals surface area contributed by atoms with Crippen LogP contribution in [-0.4, -0.2) is 47.4 Å². The van der Waals surface area contributed by atoms with Crippen LogP contribution in [0.25, 0.3) is 0 Å². The lowest BCUT2D eigenvalue weighted by Gasteiger charge is -2.12. The van der Waals surface area contributed by atoms with Crippen molar-refractivity contribution < 1.29 is 19.5 Å². The second kappa shape index (κ2) is 5.09. The molecule has 1 saturated heterocycles. The Morgan fingerprint density at radius 3 is 2.32 bits per heavy atom. The molecule has 1 heterocycles. The van der Waals surface area contributed by atoms with Crippen LogP contribution < -0.4 is 5.32 Å². The van der Waals surface area contributed by atoms with Crippen LogP contribution in [0.5, 0.6) is 0 Å². The van der Waals surface area contributed by atoms with Crippen LogP contribution in [0.4, 0.5) is 0 Å². The summed E-state index contributed by atoms with van der Waals surface area (Å²) in [5, 5.41) is 11.5. The van der Waals surface area contributed by atoms with Gasteiger partial charge in [-0.2, -0.15) is 0 Å². The number of hydrogen-bond acceptors (Lipinski definition) is 3. The molecule has 6 heteroatoms. The van der Waals surface area contributed by atoms with Crippen molar-refractivity contribution in [1.82, 2.24) is 10.2 Å². The van der Waals surface area contributed by atoms with Gasteiger partial charge in [-0.1, -0.05) is 0 Å². The number of rotatable bonds is 3. The number of likely N-dealkylation sites (tertiary alicyclic amines) is 1. The maximum atomic E-state index is 11.9. The third-order valence-corrected chi connectivity index (χ3v) is 3.07. The van der Waals surface area contributed by atoms with Crippen LogP contribution in [0.15, 0.2) is 24.3 Å². The standard InChI is InChI=1S/C13H14N2O4/c1-15-7-10(6-11(15)16)14-12(17)8-2-4-9(5-3-8)13(18)19/h2-5,10H,6-7H2,1H3,(H,14,17)(H,18,19)/t10-/m1/s1. The molecule has 0 radical (unpaired) electrons. The van der Waals surface area contributed by atoms with Crippen molar-refractivity contribution in [1.29, 1.82) is 0 Å². The molecule has 1 aliphatic rings. The molecule has 19 heavy (non-hydrogen) atoms. The first-order valence-corrected chi connectivity index (χ1v) is 5.85. The number of nitrogens with one attached hydrogen (secondary N) is 1. The van der Waals surface area contributed by atoms with Crippen LogP contribution in [0, 0.1) is 0 Å². The summed E-state index contributed by atoms with van der Waals surface area (Å²) in [7, 11) is 1.69. The van der Waals surface area contributed by atoms with E-state index in [1.54, 1.807) is 11.9 Å². The van der Waals surface area contributed by atoms with Gasteiger partial charge in [0.2, 0.25) is 5.91 Å². The maximum absolute atomic E-state index is 11.9. The van der Waals surface area contributed by atoms with E-state index in [9.17, 15) is 14.4 Å². The van der Waals surface area contributed by atoms with E-state index in [1.165, 1.54) is 24.3 Å². The van der Waals surface area contributed by atoms with Crippen molar-refractivity contribution in [3.63, 3.8) is 0 Å². The molecule has 1 aliphatic heterocycles. The number of carbonyl (C=O) groups is 3.